The largest absolute Gasteiger partial charge is 0.109 e. The van der Waals surface area contributed by atoms with Crippen LogP contribution < -0.4 is 0 Å². The summed E-state index contributed by atoms with van der Waals surface area (Å²) in [5.74, 6) is 0. The predicted octanol–water partition coefficient (Wildman–Crippen LogP) is 4.84. The van der Waals surface area contributed by atoms with Crippen LogP contribution in [-0.2, 0) is 0 Å². The molecule has 1 rings (SSSR count). The molecule has 1 aliphatic rings. The molecule has 0 aromatic carbocycles. The molecule has 0 amide bonds. The Kier molecular flexibility index (Phi) is 3.84. The molecule has 1 fully saturated rings. The Morgan fingerprint density at radius 3 is 1.82 bits per heavy atom. The van der Waals surface area contributed by atoms with Crippen LogP contribution in [0.25, 0.3) is 0 Å². The second kappa shape index (κ2) is 4.32. The first kappa shape index (κ1) is 15.1. The van der Waals surface area contributed by atoms with Gasteiger partial charge in [-0.2, -0.15) is 0 Å². The minimum atomic E-state index is 0.435. The summed E-state index contributed by atoms with van der Waals surface area (Å²) in [5.41, 5.74) is 1.42. The van der Waals surface area contributed by atoms with E-state index >= 15 is 0 Å². The lowest BCUT2D eigenvalue weighted by Gasteiger charge is -2.51. The van der Waals surface area contributed by atoms with Crippen molar-refractivity contribution in [3.8, 4) is 0 Å². The fraction of sp³-hybridized carbons (Fsp3) is 1.00. The molecule has 100 valence electrons. The van der Waals surface area contributed by atoms with Crippen LogP contribution in [-0.4, -0.2) is 7.85 Å². The molecule has 1 saturated carbocycles. The molecule has 0 aliphatic heterocycles. The summed E-state index contributed by atoms with van der Waals surface area (Å²) in [6.45, 7) is 17.2. The molecule has 0 bridgehead atoms. The van der Waals surface area contributed by atoms with Gasteiger partial charge in [-0.3, -0.25) is 0 Å². The van der Waals surface area contributed by atoms with Gasteiger partial charge in [-0.25, -0.2) is 0 Å². The van der Waals surface area contributed by atoms with Crippen molar-refractivity contribution in [3.05, 3.63) is 0 Å². The first-order valence-corrected chi connectivity index (χ1v) is 7.41. The number of rotatable bonds is 0. The summed E-state index contributed by atoms with van der Waals surface area (Å²) in [6, 6.07) is 0. The highest BCUT2D eigenvalue weighted by molar-refractivity contribution is 6.15. The number of hydrogen-bond donors (Lipinski definition) is 0. The lowest BCUT2D eigenvalue weighted by atomic mass is 9.48. The molecule has 2 atom stereocenters. The predicted molar refractivity (Wildman–Crippen MR) is 81.3 cm³/mol. The topological polar surface area (TPSA) is 0 Å². The van der Waals surface area contributed by atoms with Crippen molar-refractivity contribution < 1.29 is 0 Å². The molecule has 2 unspecified atom stereocenters. The smallest absolute Gasteiger partial charge is 0.0664 e. The Hall–Kier alpha value is 0.0649. The van der Waals surface area contributed by atoms with Gasteiger partial charge in [0.15, 0.2) is 0 Å². The van der Waals surface area contributed by atoms with Gasteiger partial charge in [0.1, 0.15) is 7.85 Å². The van der Waals surface area contributed by atoms with Crippen molar-refractivity contribution in [2.45, 2.75) is 85.9 Å². The van der Waals surface area contributed by atoms with E-state index in [2.05, 4.69) is 56.3 Å². The summed E-state index contributed by atoms with van der Waals surface area (Å²) in [5, 5.41) is 0.492. The zero-order chi connectivity index (χ0) is 13.5. The third-order valence-corrected chi connectivity index (χ3v) is 6.47. The normalized spacial score (nSPS) is 39.5. The van der Waals surface area contributed by atoms with Gasteiger partial charge in [0.05, 0.1) is 0 Å². The summed E-state index contributed by atoms with van der Waals surface area (Å²) in [4.78, 5) is 0. The lowest BCUT2D eigenvalue weighted by molar-refractivity contribution is 0.0385. The monoisotopic (exact) mass is 236 g/mol. The summed E-state index contributed by atoms with van der Waals surface area (Å²) in [7, 11) is 2.47. The van der Waals surface area contributed by atoms with E-state index in [9.17, 15) is 0 Å². The summed E-state index contributed by atoms with van der Waals surface area (Å²) in [6.07, 6.45) is 6.92. The van der Waals surface area contributed by atoms with Crippen LogP contribution in [0.1, 0.15) is 80.6 Å². The van der Waals surface area contributed by atoms with Crippen LogP contribution in [0, 0.1) is 16.2 Å². The average Bonchev–Trinajstić information content (AvgIpc) is 2.11. The molecule has 17 heavy (non-hydrogen) atoms. The second-order valence-electron chi connectivity index (χ2n) is 8.93. The molecule has 0 heterocycles. The van der Waals surface area contributed by atoms with E-state index < -0.39 is 0 Å². The molecule has 0 aromatic heterocycles. The Bertz CT molecular complexity index is 270. The van der Waals surface area contributed by atoms with Gasteiger partial charge in [0.25, 0.3) is 0 Å². The third kappa shape index (κ3) is 2.91. The zero-order valence-corrected chi connectivity index (χ0v) is 13.5. The van der Waals surface area contributed by atoms with Gasteiger partial charge in [-0.15, -0.1) is 0 Å². The summed E-state index contributed by atoms with van der Waals surface area (Å²) < 4.78 is 0. The van der Waals surface area contributed by atoms with Gasteiger partial charge in [0.2, 0.25) is 0 Å². The van der Waals surface area contributed by atoms with Crippen molar-refractivity contribution >= 4 is 7.85 Å². The Morgan fingerprint density at radius 2 is 1.35 bits per heavy atom. The van der Waals surface area contributed by atoms with Crippen molar-refractivity contribution in [2.24, 2.45) is 16.2 Å². The molecule has 0 spiro atoms. The van der Waals surface area contributed by atoms with E-state index in [1.807, 2.05) is 0 Å². The summed E-state index contributed by atoms with van der Waals surface area (Å²) >= 11 is 0. The van der Waals surface area contributed by atoms with Crippen molar-refractivity contribution in [1.29, 1.82) is 0 Å². The van der Waals surface area contributed by atoms with E-state index in [-0.39, 0.29) is 0 Å². The van der Waals surface area contributed by atoms with Crippen LogP contribution >= 0.6 is 0 Å². The highest BCUT2D eigenvalue weighted by Crippen LogP contribution is 2.57. The molecule has 0 nitrogen and oxygen atoms in total. The Morgan fingerprint density at radius 1 is 0.824 bits per heavy atom. The van der Waals surface area contributed by atoms with Gasteiger partial charge in [0, 0.05) is 0 Å². The maximum absolute atomic E-state index is 2.52. The van der Waals surface area contributed by atoms with Crippen molar-refractivity contribution in [3.63, 3.8) is 0 Å². The van der Waals surface area contributed by atoms with Gasteiger partial charge in [-0.1, -0.05) is 66.6 Å². The first-order valence-electron chi connectivity index (χ1n) is 7.41. The molecular weight excluding hydrogens is 203 g/mol. The second-order valence-corrected chi connectivity index (χ2v) is 8.93. The van der Waals surface area contributed by atoms with Gasteiger partial charge < -0.3 is 0 Å². The zero-order valence-electron chi connectivity index (χ0n) is 13.5. The minimum absolute atomic E-state index is 0.435. The lowest BCUT2D eigenvalue weighted by Crippen LogP contribution is -2.39. The van der Waals surface area contributed by atoms with Crippen molar-refractivity contribution in [1.82, 2.24) is 0 Å². The molecule has 1 aliphatic carbocycles. The average molecular weight is 236 g/mol. The van der Waals surface area contributed by atoms with E-state index in [0.29, 0.717) is 21.6 Å². The highest BCUT2D eigenvalue weighted by Gasteiger charge is 2.44. The van der Waals surface area contributed by atoms with Crippen LogP contribution in [0.15, 0.2) is 0 Å². The van der Waals surface area contributed by atoms with Crippen LogP contribution in [0.5, 0.6) is 0 Å². The van der Waals surface area contributed by atoms with E-state index in [1.165, 1.54) is 32.1 Å². The van der Waals surface area contributed by atoms with E-state index in [0.717, 1.165) is 0 Å². The number of hydrogen-bond acceptors (Lipinski definition) is 0. The Balaban J connectivity index is 2.91. The molecule has 0 radical (unpaired) electrons. The standard InChI is InChI=1S/C16H33B/c1-13(2,3)15(6)9-8-10-16(7,17)14(4,5)11-12-15/h8-12,17H2,1-7H3. The molecular formula is C16H33B. The van der Waals surface area contributed by atoms with Gasteiger partial charge >= 0.3 is 0 Å². The molecule has 0 aromatic rings. The van der Waals surface area contributed by atoms with Crippen LogP contribution in [0.2, 0.25) is 5.31 Å². The van der Waals surface area contributed by atoms with Crippen LogP contribution in [0.4, 0.5) is 0 Å². The molecule has 0 saturated heterocycles. The maximum Gasteiger partial charge on any atom is 0.109 e. The third-order valence-electron chi connectivity index (χ3n) is 6.47. The maximum atomic E-state index is 2.52. The SMILES string of the molecule is BC1(C)CCCC(C)(C(C)(C)C)CCC1(C)C. The van der Waals surface area contributed by atoms with Gasteiger partial charge in [-0.05, 0) is 35.5 Å². The van der Waals surface area contributed by atoms with E-state index in [1.54, 1.807) is 0 Å². The minimum Gasteiger partial charge on any atom is -0.0664 e. The Labute approximate surface area is 110 Å². The van der Waals surface area contributed by atoms with E-state index in [4.69, 9.17) is 0 Å². The molecule has 0 N–H and O–H groups in total. The fourth-order valence-corrected chi connectivity index (χ4v) is 3.06. The first-order chi connectivity index (χ1) is 7.41. The highest BCUT2D eigenvalue weighted by atomic mass is 14.5. The fourth-order valence-electron chi connectivity index (χ4n) is 3.06. The van der Waals surface area contributed by atoms with Crippen molar-refractivity contribution in [2.75, 3.05) is 0 Å². The quantitative estimate of drug-likeness (QED) is 0.528. The van der Waals surface area contributed by atoms with Crippen LogP contribution in [0.3, 0.4) is 0 Å². The molecule has 1 heteroatoms.